The van der Waals surface area contributed by atoms with Gasteiger partial charge in [0.1, 0.15) is 5.78 Å². The second-order valence-corrected chi connectivity index (χ2v) is 4.56. The van der Waals surface area contributed by atoms with Crippen molar-refractivity contribution in [3.8, 4) is 0 Å². The molecule has 3 atom stereocenters. The number of Topliss-reactive ketones (excluding diaryl/α,β-unsaturated/α-hetero) is 1. The highest BCUT2D eigenvalue weighted by Gasteiger charge is 2.46. The molecule has 2 saturated carbocycles. The van der Waals surface area contributed by atoms with Gasteiger partial charge in [0, 0.05) is 11.8 Å². The highest BCUT2D eigenvalue weighted by molar-refractivity contribution is 5.91. The number of hydrogen-bond acceptors (Lipinski definition) is 1. The first-order valence-corrected chi connectivity index (χ1v) is 5.45. The largest absolute Gasteiger partial charge is 0.299 e. The third-order valence-corrected chi connectivity index (χ3v) is 3.81. The first-order valence-electron chi connectivity index (χ1n) is 5.45. The molecule has 2 fully saturated rings. The zero-order valence-electron chi connectivity index (χ0n) is 8.15. The van der Waals surface area contributed by atoms with Crippen LogP contribution in [0.25, 0.3) is 0 Å². The Morgan fingerprint density at radius 2 is 1.86 bits per heavy atom. The molecule has 1 aromatic carbocycles. The summed E-state index contributed by atoms with van der Waals surface area (Å²) in [6, 6.07) is 10.3. The van der Waals surface area contributed by atoms with E-state index in [1.807, 2.05) is 18.2 Å². The van der Waals surface area contributed by atoms with Gasteiger partial charge in [0.15, 0.2) is 0 Å². The standard InChI is InChI=1S/C13H14O/c14-13-11-7-6-10(8-11)12(13)9-4-2-1-3-5-9/h1-5,10-12H,6-8H2. The Balaban J connectivity index is 1.97. The molecule has 0 aromatic heterocycles. The number of benzene rings is 1. The normalized spacial score (nSPS) is 35.1. The van der Waals surface area contributed by atoms with Crippen LogP contribution in [-0.4, -0.2) is 5.78 Å². The smallest absolute Gasteiger partial charge is 0.143 e. The average molecular weight is 186 g/mol. The minimum atomic E-state index is 0.231. The van der Waals surface area contributed by atoms with Crippen LogP contribution >= 0.6 is 0 Å². The summed E-state index contributed by atoms with van der Waals surface area (Å²) >= 11 is 0. The van der Waals surface area contributed by atoms with E-state index >= 15 is 0 Å². The lowest BCUT2D eigenvalue weighted by molar-refractivity contribution is -0.123. The Labute approximate surface area is 84.1 Å². The van der Waals surface area contributed by atoms with Crippen molar-refractivity contribution in [1.29, 1.82) is 0 Å². The van der Waals surface area contributed by atoms with E-state index in [0.717, 1.165) is 12.8 Å². The van der Waals surface area contributed by atoms with Crippen LogP contribution in [0.2, 0.25) is 0 Å². The van der Waals surface area contributed by atoms with Gasteiger partial charge in [-0.25, -0.2) is 0 Å². The predicted octanol–water partition coefficient (Wildman–Crippen LogP) is 2.77. The second kappa shape index (κ2) is 2.94. The van der Waals surface area contributed by atoms with Crippen molar-refractivity contribution in [2.24, 2.45) is 11.8 Å². The van der Waals surface area contributed by atoms with Crippen molar-refractivity contribution >= 4 is 5.78 Å². The lowest BCUT2D eigenvalue weighted by atomic mass is 9.82. The zero-order chi connectivity index (χ0) is 9.54. The summed E-state index contributed by atoms with van der Waals surface area (Å²) in [5.74, 6) is 1.78. The van der Waals surface area contributed by atoms with E-state index in [1.54, 1.807) is 0 Å². The van der Waals surface area contributed by atoms with Gasteiger partial charge in [0.2, 0.25) is 0 Å². The van der Waals surface area contributed by atoms with Crippen LogP contribution in [0, 0.1) is 11.8 Å². The van der Waals surface area contributed by atoms with E-state index in [2.05, 4.69) is 12.1 Å². The molecule has 0 radical (unpaired) electrons. The first kappa shape index (κ1) is 8.22. The first-order chi connectivity index (χ1) is 6.86. The molecule has 2 bridgehead atoms. The van der Waals surface area contributed by atoms with Crippen LogP contribution in [0.5, 0.6) is 0 Å². The molecule has 2 aliphatic rings. The van der Waals surface area contributed by atoms with Crippen molar-refractivity contribution in [1.82, 2.24) is 0 Å². The van der Waals surface area contributed by atoms with Crippen molar-refractivity contribution < 1.29 is 4.79 Å². The maximum atomic E-state index is 12.0. The molecule has 0 N–H and O–H groups in total. The van der Waals surface area contributed by atoms with E-state index in [-0.39, 0.29) is 5.92 Å². The zero-order valence-corrected chi connectivity index (χ0v) is 8.15. The third kappa shape index (κ3) is 1.05. The number of carbonyl (C=O) groups excluding carboxylic acids is 1. The molecule has 1 heteroatoms. The van der Waals surface area contributed by atoms with E-state index in [1.165, 1.54) is 12.0 Å². The molecular weight excluding hydrogens is 172 g/mol. The number of rotatable bonds is 1. The molecule has 2 aliphatic carbocycles. The topological polar surface area (TPSA) is 17.1 Å². The maximum absolute atomic E-state index is 12.0. The molecule has 0 heterocycles. The summed E-state index contributed by atoms with van der Waals surface area (Å²) in [4.78, 5) is 12.0. The highest BCUT2D eigenvalue weighted by Crippen LogP contribution is 2.50. The molecular formula is C13H14O. The molecule has 0 spiro atoms. The number of carbonyl (C=O) groups is 1. The Morgan fingerprint density at radius 3 is 2.50 bits per heavy atom. The van der Waals surface area contributed by atoms with Crippen LogP contribution in [0.4, 0.5) is 0 Å². The van der Waals surface area contributed by atoms with E-state index in [9.17, 15) is 4.79 Å². The Hall–Kier alpha value is -1.11. The van der Waals surface area contributed by atoms with Gasteiger partial charge in [-0.15, -0.1) is 0 Å². The minimum absolute atomic E-state index is 0.231. The lowest BCUT2D eigenvalue weighted by Crippen LogP contribution is -2.19. The minimum Gasteiger partial charge on any atom is -0.299 e. The third-order valence-electron chi connectivity index (χ3n) is 3.81. The fourth-order valence-corrected chi connectivity index (χ4v) is 3.16. The van der Waals surface area contributed by atoms with Crippen LogP contribution in [0.1, 0.15) is 30.7 Å². The Kier molecular flexibility index (Phi) is 1.73. The summed E-state index contributed by atoms with van der Waals surface area (Å²) in [6.07, 6.45) is 3.56. The predicted molar refractivity (Wildman–Crippen MR) is 55.0 cm³/mol. The highest BCUT2D eigenvalue weighted by atomic mass is 16.1. The molecule has 1 aromatic rings. The van der Waals surface area contributed by atoms with Crippen LogP contribution in [0.15, 0.2) is 30.3 Å². The lowest BCUT2D eigenvalue weighted by Gasteiger charge is -2.20. The van der Waals surface area contributed by atoms with Gasteiger partial charge in [0.25, 0.3) is 0 Å². The number of fused-ring (bicyclic) bond motifs is 2. The maximum Gasteiger partial charge on any atom is 0.143 e. The molecule has 3 rings (SSSR count). The summed E-state index contributed by atoms with van der Waals surface area (Å²) in [5, 5.41) is 0. The second-order valence-electron chi connectivity index (χ2n) is 4.56. The van der Waals surface area contributed by atoms with E-state index in [0.29, 0.717) is 17.6 Å². The fraction of sp³-hybridized carbons (Fsp3) is 0.462. The van der Waals surface area contributed by atoms with Crippen molar-refractivity contribution in [3.05, 3.63) is 35.9 Å². The van der Waals surface area contributed by atoms with Gasteiger partial charge in [-0.2, -0.15) is 0 Å². The van der Waals surface area contributed by atoms with Crippen molar-refractivity contribution in [2.45, 2.75) is 25.2 Å². The molecule has 0 aliphatic heterocycles. The van der Waals surface area contributed by atoms with Crippen LogP contribution in [0.3, 0.4) is 0 Å². The molecule has 3 unspecified atom stereocenters. The SMILES string of the molecule is O=C1C2CCC(C2)C1c1ccccc1. The summed E-state index contributed by atoms with van der Waals surface area (Å²) in [6.45, 7) is 0. The average Bonchev–Trinajstić information content (AvgIpc) is 2.79. The quantitative estimate of drug-likeness (QED) is 0.659. The van der Waals surface area contributed by atoms with Gasteiger partial charge in [-0.05, 0) is 30.7 Å². The fourth-order valence-electron chi connectivity index (χ4n) is 3.16. The molecule has 72 valence electrons. The van der Waals surface area contributed by atoms with Gasteiger partial charge < -0.3 is 0 Å². The van der Waals surface area contributed by atoms with Gasteiger partial charge in [-0.1, -0.05) is 30.3 Å². The van der Waals surface area contributed by atoms with Gasteiger partial charge in [-0.3, -0.25) is 4.79 Å². The van der Waals surface area contributed by atoms with Crippen molar-refractivity contribution in [3.63, 3.8) is 0 Å². The molecule has 1 nitrogen and oxygen atoms in total. The Morgan fingerprint density at radius 1 is 1.07 bits per heavy atom. The van der Waals surface area contributed by atoms with Crippen LogP contribution in [-0.2, 0) is 4.79 Å². The summed E-state index contributed by atoms with van der Waals surface area (Å²) < 4.78 is 0. The van der Waals surface area contributed by atoms with E-state index < -0.39 is 0 Å². The molecule has 0 saturated heterocycles. The summed E-state index contributed by atoms with van der Waals surface area (Å²) in [7, 11) is 0. The van der Waals surface area contributed by atoms with E-state index in [4.69, 9.17) is 0 Å². The Bertz CT molecular complexity index is 355. The number of ketones is 1. The molecule has 0 amide bonds. The van der Waals surface area contributed by atoms with Crippen LogP contribution < -0.4 is 0 Å². The molecule has 14 heavy (non-hydrogen) atoms. The van der Waals surface area contributed by atoms with Crippen molar-refractivity contribution in [2.75, 3.05) is 0 Å². The monoisotopic (exact) mass is 186 g/mol. The number of hydrogen-bond donors (Lipinski definition) is 0. The summed E-state index contributed by atoms with van der Waals surface area (Å²) in [5.41, 5.74) is 1.24. The van der Waals surface area contributed by atoms with Gasteiger partial charge in [0.05, 0.1) is 0 Å². The van der Waals surface area contributed by atoms with Gasteiger partial charge >= 0.3 is 0 Å².